The summed E-state index contributed by atoms with van der Waals surface area (Å²) in [5.74, 6) is -3.47. The molecular formula is C20H24N2O5S. The number of piperazine rings is 1. The topological polar surface area (TPSA) is 98.2 Å². The number of carboxylic acids is 2. The number of nitrogens with zero attached hydrogens (tertiary/aromatic N) is 2. The number of rotatable bonds is 4. The van der Waals surface area contributed by atoms with Crippen LogP contribution in [-0.2, 0) is 22.6 Å². The molecule has 28 heavy (non-hydrogen) atoms. The molecule has 1 fully saturated rings. The largest absolute Gasteiger partial charge is 0.473 e. The normalized spacial score (nSPS) is 14.1. The van der Waals surface area contributed by atoms with Crippen LogP contribution >= 0.6 is 11.3 Å². The fourth-order valence-electron chi connectivity index (χ4n) is 2.80. The van der Waals surface area contributed by atoms with Crippen molar-refractivity contribution in [1.29, 1.82) is 0 Å². The van der Waals surface area contributed by atoms with Crippen molar-refractivity contribution in [2.24, 2.45) is 0 Å². The summed E-state index contributed by atoms with van der Waals surface area (Å²) in [4.78, 5) is 35.8. The average molecular weight is 404 g/mol. The van der Waals surface area contributed by atoms with Crippen molar-refractivity contribution in [1.82, 2.24) is 9.80 Å². The van der Waals surface area contributed by atoms with Gasteiger partial charge in [-0.1, -0.05) is 37.3 Å². The van der Waals surface area contributed by atoms with Crippen molar-refractivity contribution < 1.29 is 24.6 Å². The van der Waals surface area contributed by atoms with Crippen molar-refractivity contribution in [3.63, 3.8) is 0 Å². The molecule has 1 aliphatic heterocycles. The van der Waals surface area contributed by atoms with E-state index in [4.69, 9.17) is 19.8 Å². The van der Waals surface area contributed by atoms with Gasteiger partial charge in [0.15, 0.2) is 0 Å². The van der Waals surface area contributed by atoms with E-state index in [2.05, 4.69) is 36.1 Å². The van der Waals surface area contributed by atoms with Crippen LogP contribution in [-0.4, -0.2) is 64.0 Å². The van der Waals surface area contributed by atoms with Crippen LogP contribution in [0.3, 0.4) is 0 Å². The molecule has 1 amide bonds. The van der Waals surface area contributed by atoms with Crippen molar-refractivity contribution in [3.8, 4) is 0 Å². The molecule has 3 rings (SSSR count). The van der Waals surface area contributed by atoms with Crippen LogP contribution in [0.4, 0.5) is 0 Å². The maximum atomic E-state index is 12.3. The van der Waals surface area contributed by atoms with Gasteiger partial charge in [-0.25, -0.2) is 9.59 Å². The van der Waals surface area contributed by atoms with E-state index in [1.807, 2.05) is 22.4 Å². The molecule has 1 aliphatic rings. The zero-order valence-electron chi connectivity index (χ0n) is 15.7. The second kappa shape index (κ2) is 10.6. The second-order valence-corrected chi connectivity index (χ2v) is 7.27. The van der Waals surface area contributed by atoms with Gasteiger partial charge in [0, 0.05) is 32.7 Å². The number of carbonyl (C=O) groups is 3. The number of aryl methyl sites for hydroxylation is 1. The first kappa shape index (κ1) is 21.6. The van der Waals surface area contributed by atoms with Gasteiger partial charge in [-0.2, -0.15) is 0 Å². The number of aliphatic carboxylic acids is 2. The van der Waals surface area contributed by atoms with Gasteiger partial charge >= 0.3 is 11.9 Å². The molecule has 8 heteroatoms. The van der Waals surface area contributed by atoms with Crippen LogP contribution in [0.1, 0.15) is 27.7 Å². The Labute approximate surface area is 167 Å². The monoisotopic (exact) mass is 404 g/mol. The number of thiophene rings is 1. The van der Waals surface area contributed by atoms with Gasteiger partial charge in [0.05, 0.1) is 4.88 Å². The molecule has 1 aromatic heterocycles. The van der Waals surface area contributed by atoms with E-state index in [0.717, 1.165) is 44.0 Å². The number of benzene rings is 1. The zero-order valence-corrected chi connectivity index (χ0v) is 16.5. The smallest absolute Gasteiger partial charge is 0.414 e. The Hall–Kier alpha value is -2.71. The Morgan fingerprint density at radius 1 is 0.929 bits per heavy atom. The highest BCUT2D eigenvalue weighted by molar-refractivity contribution is 7.12. The molecule has 0 saturated carbocycles. The van der Waals surface area contributed by atoms with Crippen LogP contribution in [0.15, 0.2) is 41.8 Å². The number of amides is 1. The minimum absolute atomic E-state index is 0.182. The highest BCUT2D eigenvalue weighted by atomic mass is 32.1. The summed E-state index contributed by atoms with van der Waals surface area (Å²) in [5.41, 5.74) is 2.74. The third kappa shape index (κ3) is 6.47. The van der Waals surface area contributed by atoms with E-state index < -0.39 is 11.9 Å². The molecule has 1 saturated heterocycles. The molecule has 2 heterocycles. The lowest BCUT2D eigenvalue weighted by molar-refractivity contribution is -0.159. The van der Waals surface area contributed by atoms with Gasteiger partial charge in [0.1, 0.15) is 0 Å². The molecule has 150 valence electrons. The predicted octanol–water partition coefficient (Wildman–Crippen LogP) is 2.42. The minimum atomic E-state index is -1.82. The minimum Gasteiger partial charge on any atom is -0.473 e. The number of hydrogen-bond acceptors (Lipinski definition) is 5. The summed E-state index contributed by atoms with van der Waals surface area (Å²) in [5, 5.41) is 16.7. The summed E-state index contributed by atoms with van der Waals surface area (Å²) >= 11 is 1.53. The highest BCUT2D eigenvalue weighted by Gasteiger charge is 2.22. The quantitative estimate of drug-likeness (QED) is 0.760. The molecule has 1 aromatic carbocycles. The van der Waals surface area contributed by atoms with E-state index in [1.54, 1.807) is 0 Å². The SMILES string of the molecule is CCc1ccc(CN2CCN(C(=O)c3cccs3)CC2)cc1.O=C(O)C(=O)O. The maximum absolute atomic E-state index is 12.3. The molecule has 0 bridgehead atoms. The second-order valence-electron chi connectivity index (χ2n) is 6.33. The van der Waals surface area contributed by atoms with Gasteiger partial charge in [-0.15, -0.1) is 11.3 Å². The Morgan fingerprint density at radius 3 is 1.96 bits per heavy atom. The summed E-state index contributed by atoms with van der Waals surface area (Å²) in [6, 6.07) is 12.7. The van der Waals surface area contributed by atoms with Crippen molar-refractivity contribution in [2.45, 2.75) is 19.9 Å². The van der Waals surface area contributed by atoms with Crippen molar-refractivity contribution >= 4 is 29.2 Å². The van der Waals surface area contributed by atoms with Crippen LogP contribution in [0.2, 0.25) is 0 Å². The lowest BCUT2D eigenvalue weighted by atomic mass is 10.1. The van der Waals surface area contributed by atoms with E-state index in [-0.39, 0.29) is 5.91 Å². The van der Waals surface area contributed by atoms with Gasteiger partial charge in [0.2, 0.25) is 0 Å². The van der Waals surface area contributed by atoms with Gasteiger partial charge in [0.25, 0.3) is 5.91 Å². The Balaban J connectivity index is 0.000000409. The fourth-order valence-corrected chi connectivity index (χ4v) is 3.49. The molecule has 0 aliphatic carbocycles. The first-order chi connectivity index (χ1) is 13.4. The van der Waals surface area contributed by atoms with E-state index >= 15 is 0 Å². The lowest BCUT2D eigenvalue weighted by Crippen LogP contribution is -2.48. The molecule has 2 aromatic rings. The van der Waals surface area contributed by atoms with E-state index in [1.165, 1.54) is 22.5 Å². The highest BCUT2D eigenvalue weighted by Crippen LogP contribution is 2.15. The molecule has 0 unspecified atom stereocenters. The standard InChI is InChI=1S/C18H22N2OS.C2H2O4/c1-2-15-5-7-16(8-6-15)14-19-9-11-20(12-10-19)18(21)17-4-3-13-22-17;3-1(4)2(5)6/h3-8,13H,2,9-12,14H2,1H3;(H,3,4)(H,5,6). The molecule has 0 radical (unpaired) electrons. The first-order valence-electron chi connectivity index (χ1n) is 9.00. The van der Waals surface area contributed by atoms with Crippen molar-refractivity contribution in [2.75, 3.05) is 26.2 Å². The van der Waals surface area contributed by atoms with Gasteiger partial charge in [-0.3, -0.25) is 9.69 Å². The number of carbonyl (C=O) groups excluding carboxylic acids is 1. The summed E-state index contributed by atoms with van der Waals surface area (Å²) in [7, 11) is 0. The average Bonchev–Trinajstić information content (AvgIpc) is 3.24. The maximum Gasteiger partial charge on any atom is 0.414 e. The third-order valence-electron chi connectivity index (χ3n) is 4.41. The molecule has 7 nitrogen and oxygen atoms in total. The molecular weight excluding hydrogens is 380 g/mol. The molecule has 0 atom stereocenters. The summed E-state index contributed by atoms with van der Waals surface area (Å²) in [6.45, 7) is 6.71. The zero-order chi connectivity index (χ0) is 20.5. The van der Waals surface area contributed by atoms with E-state index in [0.29, 0.717) is 0 Å². The Kier molecular flexibility index (Phi) is 8.16. The summed E-state index contributed by atoms with van der Waals surface area (Å²) in [6.07, 6.45) is 1.09. The van der Waals surface area contributed by atoms with Crippen LogP contribution < -0.4 is 0 Å². The van der Waals surface area contributed by atoms with E-state index in [9.17, 15) is 4.79 Å². The predicted molar refractivity (Wildman–Crippen MR) is 107 cm³/mol. The summed E-state index contributed by atoms with van der Waals surface area (Å²) < 4.78 is 0. The van der Waals surface area contributed by atoms with Crippen molar-refractivity contribution in [3.05, 3.63) is 57.8 Å². The number of carboxylic acid groups (broad SMARTS) is 2. The third-order valence-corrected chi connectivity index (χ3v) is 5.27. The number of hydrogen-bond donors (Lipinski definition) is 2. The van der Waals surface area contributed by atoms with Crippen LogP contribution in [0.25, 0.3) is 0 Å². The Bertz CT molecular complexity index is 769. The first-order valence-corrected chi connectivity index (χ1v) is 9.87. The fraction of sp³-hybridized carbons (Fsp3) is 0.350. The lowest BCUT2D eigenvalue weighted by Gasteiger charge is -2.34. The van der Waals surface area contributed by atoms with Crippen LogP contribution in [0, 0.1) is 0 Å². The van der Waals surface area contributed by atoms with Crippen LogP contribution in [0.5, 0.6) is 0 Å². The molecule has 0 spiro atoms. The Morgan fingerprint density at radius 2 is 1.50 bits per heavy atom. The van der Waals surface area contributed by atoms with Gasteiger partial charge in [-0.05, 0) is 29.0 Å². The van der Waals surface area contributed by atoms with Gasteiger partial charge < -0.3 is 15.1 Å². The molecule has 2 N–H and O–H groups in total.